The van der Waals surface area contributed by atoms with E-state index in [-0.39, 0.29) is 23.4 Å². The summed E-state index contributed by atoms with van der Waals surface area (Å²) in [4.78, 5) is 16.4. The van der Waals surface area contributed by atoms with E-state index in [0.29, 0.717) is 17.3 Å². The molecule has 0 spiro atoms. The average molecular weight is 342 g/mol. The first kappa shape index (κ1) is 16.3. The topological polar surface area (TPSA) is 85.5 Å². The van der Waals surface area contributed by atoms with Crippen LogP contribution in [0.1, 0.15) is 54.8 Å². The SMILES string of the molecule is COC(=O)c1cccc(-c2noc(C34CCC(CO)(CC3)CC4)n2)c1. The van der Waals surface area contributed by atoms with Crippen molar-refractivity contribution in [3.63, 3.8) is 0 Å². The van der Waals surface area contributed by atoms with Gasteiger partial charge in [-0.25, -0.2) is 4.79 Å². The molecule has 25 heavy (non-hydrogen) atoms. The number of aliphatic hydroxyl groups excluding tert-OH is 1. The predicted molar refractivity (Wildman–Crippen MR) is 90.0 cm³/mol. The lowest BCUT2D eigenvalue weighted by molar-refractivity contribution is -0.0175. The van der Waals surface area contributed by atoms with Gasteiger partial charge in [0.2, 0.25) is 11.7 Å². The largest absolute Gasteiger partial charge is 0.465 e. The van der Waals surface area contributed by atoms with Crippen molar-refractivity contribution in [2.24, 2.45) is 5.41 Å². The van der Waals surface area contributed by atoms with Crippen molar-refractivity contribution in [3.05, 3.63) is 35.7 Å². The highest BCUT2D eigenvalue weighted by atomic mass is 16.5. The molecule has 5 rings (SSSR count). The molecule has 0 saturated heterocycles. The summed E-state index contributed by atoms with van der Waals surface area (Å²) in [5.41, 5.74) is 1.26. The third kappa shape index (κ3) is 2.65. The highest BCUT2D eigenvalue weighted by Crippen LogP contribution is 2.57. The maximum Gasteiger partial charge on any atom is 0.337 e. The van der Waals surface area contributed by atoms with E-state index in [9.17, 15) is 9.90 Å². The molecule has 0 aliphatic heterocycles. The van der Waals surface area contributed by atoms with Crippen LogP contribution >= 0.6 is 0 Å². The quantitative estimate of drug-likeness (QED) is 0.859. The van der Waals surface area contributed by atoms with Gasteiger partial charge >= 0.3 is 5.97 Å². The number of esters is 1. The molecule has 132 valence electrons. The summed E-state index contributed by atoms with van der Waals surface area (Å²) in [6.45, 7) is 0.276. The zero-order valence-corrected chi connectivity index (χ0v) is 14.3. The summed E-state index contributed by atoms with van der Waals surface area (Å²) in [6, 6.07) is 7.06. The molecular formula is C19H22N2O4. The zero-order valence-electron chi connectivity index (χ0n) is 14.3. The van der Waals surface area contributed by atoms with Crippen LogP contribution < -0.4 is 0 Å². The summed E-state index contributed by atoms with van der Waals surface area (Å²) in [5.74, 6) is 0.806. The Morgan fingerprint density at radius 2 is 1.96 bits per heavy atom. The molecule has 3 fully saturated rings. The van der Waals surface area contributed by atoms with Crippen LogP contribution in [0, 0.1) is 5.41 Å². The minimum absolute atomic E-state index is 0.0534. The number of aliphatic hydroxyl groups is 1. The maximum absolute atomic E-state index is 11.7. The summed E-state index contributed by atoms with van der Waals surface area (Å²) in [7, 11) is 1.36. The van der Waals surface area contributed by atoms with Gasteiger partial charge < -0.3 is 14.4 Å². The Kier molecular flexibility index (Phi) is 3.87. The van der Waals surface area contributed by atoms with Crippen molar-refractivity contribution in [1.29, 1.82) is 0 Å². The number of rotatable bonds is 4. The molecule has 1 heterocycles. The molecule has 3 saturated carbocycles. The lowest BCUT2D eigenvalue weighted by Crippen LogP contribution is -2.46. The molecule has 6 nitrogen and oxygen atoms in total. The second kappa shape index (κ2) is 5.95. The molecule has 1 aromatic carbocycles. The maximum atomic E-state index is 11.7. The molecule has 1 aromatic heterocycles. The first-order chi connectivity index (χ1) is 12.1. The van der Waals surface area contributed by atoms with Gasteiger partial charge in [-0.05, 0) is 56.1 Å². The second-order valence-corrected chi connectivity index (χ2v) is 7.43. The van der Waals surface area contributed by atoms with Crippen LogP contribution in [0.2, 0.25) is 0 Å². The van der Waals surface area contributed by atoms with Crippen LogP contribution in [0.4, 0.5) is 0 Å². The summed E-state index contributed by atoms with van der Waals surface area (Å²) in [5, 5.41) is 13.8. The normalized spacial score (nSPS) is 28.1. The number of nitrogens with zero attached hydrogens (tertiary/aromatic N) is 2. The number of carbonyl (C=O) groups is 1. The second-order valence-electron chi connectivity index (χ2n) is 7.43. The van der Waals surface area contributed by atoms with Gasteiger partial charge in [-0.15, -0.1) is 0 Å². The highest BCUT2D eigenvalue weighted by molar-refractivity contribution is 5.90. The smallest absolute Gasteiger partial charge is 0.337 e. The van der Waals surface area contributed by atoms with Crippen molar-refractivity contribution in [1.82, 2.24) is 10.1 Å². The average Bonchev–Trinajstić information content (AvgIpc) is 3.20. The zero-order chi connectivity index (χ0) is 17.5. The molecule has 0 radical (unpaired) electrons. The van der Waals surface area contributed by atoms with E-state index in [4.69, 9.17) is 9.26 Å². The number of hydrogen-bond acceptors (Lipinski definition) is 6. The predicted octanol–water partition coefficient (Wildman–Crippen LogP) is 3.11. The van der Waals surface area contributed by atoms with E-state index in [1.807, 2.05) is 6.07 Å². The van der Waals surface area contributed by atoms with Crippen LogP contribution in [0.25, 0.3) is 11.4 Å². The lowest BCUT2D eigenvalue weighted by Gasteiger charge is -2.51. The van der Waals surface area contributed by atoms with E-state index in [0.717, 1.165) is 44.1 Å². The summed E-state index contributed by atoms with van der Waals surface area (Å²) in [6.07, 6.45) is 5.99. The Bertz CT molecular complexity index is 774. The fourth-order valence-corrected chi connectivity index (χ4v) is 4.28. The van der Waals surface area contributed by atoms with Crippen LogP contribution in [0.15, 0.2) is 28.8 Å². The van der Waals surface area contributed by atoms with Gasteiger partial charge in [0.05, 0.1) is 12.7 Å². The highest BCUT2D eigenvalue weighted by Gasteiger charge is 2.51. The number of benzene rings is 1. The molecule has 0 unspecified atom stereocenters. The number of carbonyl (C=O) groups excluding carboxylic acids is 1. The van der Waals surface area contributed by atoms with Crippen LogP contribution in [-0.4, -0.2) is 34.9 Å². The Morgan fingerprint density at radius 3 is 2.60 bits per heavy atom. The molecular weight excluding hydrogens is 320 g/mol. The number of ether oxygens (including phenoxy) is 1. The third-order valence-corrected chi connectivity index (χ3v) is 6.16. The van der Waals surface area contributed by atoms with Crippen LogP contribution in [0.3, 0.4) is 0 Å². The van der Waals surface area contributed by atoms with Crippen LogP contribution in [-0.2, 0) is 10.2 Å². The molecule has 0 atom stereocenters. The molecule has 3 aliphatic rings. The van der Waals surface area contributed by atoms with E-state index in [2.05, 4.69) is 10.1 Å². The van der Waals surface area contributed by atoms with Crippen molar-refractivity contribution in [2.75, 3.05) is 13.7 Å². The molecule has 2 bridgehead atoms. The molecule has 0 amide bonds. The Balaban J connectivity index is 1.60. The van der Waals surface area contributed by atoms with Crippen LogP contribution in [0.5, 0.6) is 0 Å². The first-order valence-electron chi connectivity index (χ1n) is 8.74. The number of aromatic nitrogens is 2. The van der Waals surface area contributed by atoms with Crippen molar-refractivity contribution < 1.29 is 19.2 Å². The molecule has 2 aromatic rings. The summed E-state index contributed by atoms with van der Waals surface area (Å²) >= 11 is 0. The number of methoxy groups -OCH3 is 1. The fraction of sp³-hybridized carbons (Fsp3) is 0.526. The fourth-order valence-electron chi connectivity index (χ4n) is 4.28. The van der Waals surface area contributed by atoms with Gasteiger partial charge in [-0.2, -0.15) is 4.98 Å². The lowest BCUT2D eigenvalue weighted by atomic mass is 9.54. The standard InChI is InChI=1S/C19H22N2O4/c1-24-16(23)14-4-2-3-13(11-14)15-20-17(25-21-15)19-8-5-18(12-22,6-9-19)7-10-19/h2-4,11,22H,5-10,12H2,1H3. The Hall–Kier alpha value is -2.21. The van der Waals surface area contributed by atoms with Gasteiger partial charge in [-0.3, -0.25) is 0 Å². The van der Waals surface area contributed by atoms with Gasteiger partial charge in [0.15, 0.2) is 0 Å². The van der Waals surface area contributed by atoms with Crippen molar-refractivity contribution in [2.45, 2.75) is 43.9 Å². The third-order valence-electron chi connectivity index (χ3n) is 6.16. The minimum atomic E-state index is -0.385. The Morgan fingerprint density at radius 1 is 1.24 bits per heavy atom. The minimum Gasteiger partial charge on any atom is -0.465 e. The monoisotopic (exact) mass is 342 g/mol. The van der Waals surface area contributed by atoms with Gasteiger partial charge in [-0.1, -0.05) is 17.3 Å². The van der Waals surface area contributed by atoms with Gasteiger partial charge in [0.1, 0.15) is 0 Å². The number of fused-ring (bicyclic) bond motifs is 3. The van der Waals surface area contributed by atoms with Crippen molar-refractivity contribution >= 4 is 5.97 Å². The molecule has 1 N–H and O–H groups in total. The van der Waals surface area contributed by atoms with Gasteiger partial charge in [0, 0.05) is 17.6 Å². The van der Waals surface area contributed by atoms with Crippen molar-refractivity contribution in [3.8, 4) is 11.4 Å². The Labute approximate surface area is 146 Å². The summed E-state index contributed by atoms with van der Waals surface area (Å²) < 4.78 is 10.4. The van der Waals surface area contributed by atoms with E-state index in [1.54, 1.807) is 18.2 Å². The van der Waals surface area contributed by atoms with E-state index in [1.165, 1.54) is 7.11 Å². The van der Waals surface area contributed by atoms with Gasteiger partial charge in [0.25, 0.3) is 0 Å². The first-order valence-corrected chi connectivity index (χ1v) is 8.74. The molecule has 3 aliphatic carbocycles. The van der Waals surface area contributed by atoms with E-state index < -0.39 is 0 Å². The van der Waals surface area contributed by atoms with E-state index >= 15 is 0 Å². The number of hydrogen-bond donors (Lipinski definition) is 1. The molecule has 6 heteroatoms.